The molecule has 3 heterocycles. The van der Waals surface area contributed by atoms with Gasteiger partial charge in [-0.1, -0.05) is 6.92 Å². The normalized spacial score (nSPS) is 20.7. The molecule has 0 radical (unpaired) electrons. The first-order valence-electron chi connectivity index (χ1n) is 6.43. The topological polar surface area (TPSA) is 42.7 Å². The Labute approximate surface area is 106 Å². The smallest absolute Gasteiger partial charge is 0.164 e. The van der Waals surface area contributed by atoms with Crippen molar-refractivity contribution in [3.05, 3.63) is 24.2 Å². The van der Waals surface area contributed by atoms with Gasteiger partial charge in [0, 0.05) is 24.7 Å². The van der Waals surface area contributed by atoms with Crippen molar-refractivity contribution in [3.8, 4) is 5.75 Å². The zero-order chi connectivity index (χ0) is 12.5. The highest BCUT2D eigenvalue weighted by molar-refractivity contribution is 5.44. The van der Waals surface area contributed by atoms with E-state index in [0.29, 0.717) is 5.92 Å². The lowest BCUT2D eigenvalue weighted by Gasteiger charge is -2.12. The van der Waals surface area contributed by atoms with Crippen LogP contribution in [0.2, 0.25) is 0 Å². The van der Waals surface area contributed by atoms with Crippen molar-refractivity contribution in [2.75, 3.05) is 26.7 Å². The van der Waals surface area contributed by atoms with Crippen LogP contribution in [0.1, 0.15) is 25.1 Å². The molecule has 0 N–H and O–H groups in total. The summed E-state index contributed by atoms with van der Waals surface area (Å²) in [5.74, 6) is 2.39. The minimum atomic E-state index is 0.494. The molecule has 1 aliphatic rings. The number of hydrogen-bond donors (Lipinski definition) is 0. The molecule has 96 valence electrons. The van der Waals surface area contributed by atoms with Gasteiger partial charge in [-0.15, -0.1) is 10.2 Å². The van der Waals surface area contributed by atoms with E-state index in [0.717, 1.165) is 36.9 Å². The van der Waals surface area contributed by atoms with Crippen LogP contribution in [0.3, 0.4) is 0 Å². The van der Waals surface area contributed by atoms with Gasteiger partial charge in [-0.3, -0.25) is 4.40 Å². The molecule has 1 unspecified atom stereocenters. The fraction of sp³-hybridized carbons (Fsp3) is 0.538. The summed E-state index contributed by atoms with van der Waals surface area (Å²) in [6, 6.07) is 3.87. The van der Waals surface area contributed by atoms with Crippen LogP contribution in [0.15, 0.2) is 18.3 Å². The van der Waals surface area contributed by atoms with Gasteiger partial charge < -0.3 is 9.64 Å². The maximum absolute atomic E-state index is 5.20. The molecule has 2 aromatic heterocycles. The number of fused-ring (bicyclic) bond motifs is 1. The zero-order valence-corrected chi connectivity index (χ0v) is 10.8. The van der Waals surface area contributed by atoms with Crippen LogP contribution in [0, 0.1) is 0 Å². The monoisotopic (exact) mass is 246 g/mol. The lowest BCUT2D eigenvalue weighted by Crippen LogP contribution is -2.19. The Balaban J connectivity index is 1.93. The average Bonchev–Trinajstić information content (AvgIpc) is 3.03. The van der Waals surface area contributed by atoms with Crippen LogP contribution in [0.25, 0.3) is 5.65 Å². The number of likely N-dealkylation sites (N-methyl/N-ethyl adjacent to an activating group) is 1. The van der Waals surface area contributed by atoms with E-state index in [1.807, 2.05) is 18.3 Å². The molecule has 5 heteroatoms. The number of nitrogens with zero attached hydrogens (tertiary/aromatic N) is 4. The van der Waals surface area contributed by atoms with Crippen molar-refractivity contribution in [1.29, 1.82) is 0 Å². The van der Waals surface area contributed by atoms with Crippen LogP contribution >= 0.6 is 0 Å². The van der Waals surface area contributed by atoms with Gasteiger partial charge >= 0.3 is 0 Å². The molecule has 18 heavy (non-hydrogen) atoms. The molecular formula is C13H18N4O. The summed E-state index contributed by atoms with van der Waals surface area (Å²) in [5, 5.41) is 8.59. The van der Waals surface area contributed by atoms with Gasteiger partial charge in [-0.2, -0.15) is 0 Å². The summed E-state index contributed by atoms with van der Waals surface area (Å²) in [4.78, 5) is 2.45. The Morgan fingerprint density at radius 2 is 2.33 bits per heavy atom. The lowest BCUT2D eigenvalue weighted by atomic mass is 10.1. The van der Waals surface area contributed by atoms with Gasteiger partial charge in [0.15, 0.2) is 5.65 Å². The molecule has 0 spiro atoms. The highest BCUT2D eigenvalue weighted by Gasteiger charge is 2.26. The number of ether oxygens (including phenoxy) is 1. The van der Waals surface area contributed by atoms with E-state index in [-0.39, 0.29) is 0 Å². The molecule has 0 amide bonds. The number of methoxy groups -OCH3 is 1. The maximum atomic E-state index is 5.20. The van der Waals surface area contributed by atoms with E-state index in [4.69, 9.17) is 4.74 Å². The summed E-state index contributed by atoms with van der Waals surface area (Å²) in [5.41, 5.74) is 0.860. The molecule has 3 rings (SSSR count). The molecule has 1 saturated heterocycles. The van der Waals surface area contributed by atoms with Crippen molar-refractivity contribution in [2.24, 2.45) is 0 Å². The molecular weight excluding hydrogens is 228 g/mol. The highest BCUT2D eigenvalue weighted by atomic mass is 16.5. The van der Waals surface area contributed by atoms with Crippen LogP contribution in [0.5, 0.6) is 5.75 Å². The first-order chi connectivity index (χ1) is 8.81. The fourth-order valence-electron chi connectivity index (χ4n) is 2.63. The Morgan fingerprint density at radius 3 is 3.06 bits per heavy atom. The second kappa shape index (κ2) is 4.57. The van der Waals surface area contributed by atoms with E-state index < -0.39 is 0 Å². The van der Waals surface area contributed by atoms with Crippen molar-refractivity contribution in [3.63, 3.8) is 0 Å². The summed E-state index contributed by atoms with van der Waals surface area (Å²) in [6.07, 6.45) is 3.17. The number of hydrogen-bond acceptors (Lipinski definition) is 4. The minimum Gasteiger partial charge on any atom is -0.497 e. The van der Waals surface area contributed by atoms with Crippen LogP contribution in [0.4, 0.5) is 0 Å². The molecule has 5 nitrogen and oxygen atoms in total. The van der Waals surface area contributed by atoms with Crippen molar-refractivity contribution in [1.82, 2.24) is 19.5 Å². The van der Waals surface area contributed by atoms with E-state index in [9.17, 15) is 0 Å². The second-order valence-electron chi connectivity index (χ2n) is 4.73. The SMILES string of the molecule is CCN1CCC(c2nnc3cc(OC)ccn23)C1. The number of likely N-dealkylation sites (tertiary alicyclic amines) is 1. The van der Waals surface area contributed by atoms with E-state index >= 15 is 0 Å². The van der Waals surface area contributed by atoms with E-state index in [2.05, 4.69) is 26.4 Å². The Hall–Kier alpha value is -1.62. The highest BCUT2D eigenvalue weighted by Crippen LogP contribution is 2.26. The largest absolute Gasteiger partial charge is 0.497 e. The quantitative estimate of drug-likeness (QED) is 0.824. The number of pyridine rings is 1. The Morgan fingerprint density at radius 1 is 1.44 bits per heavy atom. The lowest BCUT2D eigenvalue weighted by molar-refractivity contribution is 0.352. The number of aromatic nitrogens is 3. The van der Waals surface area contributed by atoms with Crippen molar-refractivity contribution < 1.29 is 4.74 Å². The summed E-state index contributed by atoms with van der Waals surface area (Å²) in [6.45, 7) is 5.56. The molecule has 1 atom stereocenters. The summed E-state index contributed by atoms with van der Waals surface area (Å²) in [7, 11) is 1.67. The molecule has 0 aromatic carbocycles. The number of rotatable bonds is 3. The minimum absolute atomic E-state index is 0.494. The summed E-state index contributed by atoms with van der Waals surface area (Å²) < 4.78 is 7.28. The Kier molecular flexibility index (Phi) is 2.91. The van der Waals surface area contributed by atoms with E-state index in [1.165, 1.54) is 6.42 Å². The summed E-state index contributed by atoms with van der Waals surface area (Å²) >= 11 is 0. The van der Waals surface area contributed by atoms with E-state index in [1.54, 1.807) is 7.11 Å². The first kappa shape index (κ1) is 11.5. The van der Waals surface area contributed by atoms with Crippen molar-refractivity contribution in [2.45, 2.75) is 19.3 Å². The van der Waals surface area contributed by atoms with Crippen LogP contribution in [-0.4, -0.2) is 46.2 Å². The van der Waals surface area contributed by atoms with Gasteiger partial charge in [0.05, 0.1) is 7.11 Å². The third-order valence-electron chi connectivity index (χ3n) is 3.73. The maximum Gasteiger partial charge on any atom is 0.164 e. The predicted octanol–water partition coefficient (Wildman–Crippen LogP) is 1.55. The average molecular weight is 246 g/mol. The second-order valence-corrected chi connectivity index (χ2v) is 4.73. The molecule has 0 saturated carbocycles. The fourth-order valence-corrected chi connectivity index (χ4v) is 2.63. The van der Waals surface area contributed by atoms with Crippen LogP contribution in [-0.2, 0) is 0 Å². The predicted molar refractivity (Wildman–Crippen MR) is 69.0 cm³/mol. The van der Waals surface area contributed by atoms with Crippen molar-refractivity contribution >= 4 is 5.65 Å². The third-order valence-corrected chi connectivity index (χ3v) is 3.73. The molecule has 2 aromatic rings. The van der Waals surface area contributed by atoms with Crippen LogP contribution < -0.4 is 4.74 Å². The third kappa shape index (κ3) is 1.84. The zero-order valence-electron chi connectivity index (χ0n) is 10.8. The van der Waals surface area contributed by atoms with Gasteiger partial charge in [-0.05, 0) is 25.6 Å². The Bertz CT molecular complexity index is 551. The molecule has 0 bridgehead atoms. The van der Waals surface area contributed by atoms with Gasteiger partial charge in [0.2, 0.25) is 0 Å². The molecule has 0 aliphatic carbocycles. The standard InChI is InChI=1S/C13H18N4O/c1-3-16-6-4-10(9-16)13-15-14-12-8-11(18-2)5-7-17(12)13/h5,7-8,10H,3-4,6,9H2,1-2H3. The van der Waals surface area contributed by atoms with Gasteiger partial charge in [0.25, 0.3) is 0 Å². The molecule has 1 fully saturated rings. The first-order valence-corrected chi connectivity index (χ1v) is 6.43. The molecule has 1 aliphatic heterocycles. The van der Waals surface area contributed by atoms with Gasteiger partial charge in [0.1, 0.15) is 11.6 Å². The van der Waals surface area contributed by atoms with Gasteiger partial charge in [-0.25, -0.2) is 0 Å².